The molecule has 0 aliphatic heterocycles. The van der Waals surface area contributed by atoms with E-state index in [0.717, 1.165) is 18.5 Å². The highest BCUT2D eigenvalue weighted by atomic mass is 19.1. The Balaban J connectivity index is 1.74. The molecule has 2 rings (SSSR count). The molecule has 0 saturated carbocycles. The zero-order valence-electron chi connectivity index (χ0n) is 12.1. The van der Waals surface area contributed by atoms with Gasteiger partial charge in [0, 0.05) is 0 Å². The molecule has 0 aliphatic rings. The monoisotopic (exact) mass is 289 g/mol. The summed E-state index contributed by atoms with van der Waals surface area (Å²) < 4.78 is 18.9. The zero-order chi connectivity index (χ0) is 15.1. The van der Waals surface area contributed by atoms with E-state index in [1.165, 1.54) is 7.11 Å². The van der Waals surface area contributed by atoms with Crippen LogP contribution in [0.15, 0.2) is 42.5 Å². The number of phenols is 1. The predicted octanol–water partition coefficient (Wildman–Crippen LogP) is 2.91. The van der Waals surface area contributed by atoms with Gasteiger partial charge in [-0.05, 0) is 55.3 Å². The van der Waals surface area contributed by atoms with Gasteiger partial charge in [-0.25, -0.2) is 4.39 Å². The van der Waals surface area contributed by atoms with Crippen molar-refractivity contribution in [1.82, 2.24) is 5.32 Å². The molecular formula is C17H20FNO2. The molecule has 0 fully saturated rings. The van der Waals surface area contributed by atoms with Gasteiger partial charge in [-0.1, -0.05) is 24.3 Å². The summed E-state index contributed by atoms with van der Waals surface area (Å²) in [4.78, 5) is 0. The van der Waals surface area contributed by atoms with Crippen molar-refractivity contribution < 1.29 is 14.2 Å². The van der Waals surface area contributed by atoms with E-state index >= 15 is 0 Å². The smallest absolute Gasteiger partial charge is 0.168 e. The van der Waals surface area contributed by atoms with Crippen molar-refractivity contribution in [3.05, 3.63) is 59.4 Å². The van der Waals surface area contributed by atoms with Crippen molar-refractivity contribution in [2.24, 2.45) is 0 Å². The fraction of sp³-hybridized carbons (Fsp3) is 0.294. The van der Waals surface area contributed by atoms with Gasteiger partial charge in [0.15, 0.2) is 11.6 Å². The molecule has 21 heavy (non-hydrogen) atoms. The maximum Gasteiger partial charge on any atom is 0.168 e. The maximum absolute atomic E-state index is 13.9. The molecule has 3 nitrogen and oxygen atoms in total. The lowest BCUT2D eigenvalue weighted by atomic mass is 10.1. The Morgan fingerprint density at radius 2 is 1.76 bits per heavy atom. The van der Waals surface area contributed by atoms with Crippen molar-refractivity contribution in [1.29, 1.82) is 0 Å². The standard InChI is InChI=1S/C17H20FNO2/c1-21-16-4-2-3-14(17(16)18)10-12-19-11-9-13-5-7-15(20)8-6-13/h2-8,19-20H,9-12H2,1H3. The van der Waals surface area contributed by atoms with Crippen molar-refractivity contribution in [2.75, 3.05) is 20.2 Å². The molecule has 0 aromatic heterocycles. The summed E-state index contributed by atoms with van der Waals surface area (Å²) in [5, 5.41) is 12.5. The lowest BCUT2D eigenvalue weighted by Crippen LogP contribution is -2.20. The molecule has 0 bridgehead atoms. The molecule has 0 atom stereocenters. The summed E-state index contributed by atoms with van der Waals surface area (Å²) in [6.45, 7) is 1.53. The van der Waals surface area contributed by atoms with E-state index in [0.29, 0.717) is 18.5 Å². The number of halogens is 1. The van der Waals surface area contributed by atoms with Gasteiger partial charge >= 0.3 is 0 Å². The van der Waals surface area contributed by atoms with Crippen LogP contribution >= 0.6 is 0 Å². The molecule has 112 valence electrons. The topological polar surface area (TPSA) is 41.5 Å². The number of hydrogen-bond acceptors (Lipinski definition) is 3. The van der Waals surface area contributed by atoms with E-state index in [4.69, 9.17) is 4.74 Å². The first-order valence-electron chi connectivity index (χ1n) is 7.00. The minimum absolute atomic E-state index is 0.277. The zero-order valence-corrected chi connectivity index (χ0v) is 12.1. The number of hydrogen-bond donors (Lipinski definition) is 2. The molecule has 0 aliphatic carbocycles. The molecule has 0 amide bonds. The molecule has 4 heteroatoms. The van der Waals surface area contributed by atoms with Gasteiger partial charge in [-0.3, -0.25) is 0 Å². The van der Waals surface area contributed by atoms with Gasteiger partial charge in [0.25, 0.3) is 0 Å². The first kappa shape index (κ1) is 15.3. The van der Waals surface area contributed by atoms with Crippen molar-refractivity contribution >= 4 is 0 Å². The first-order chi connectivity index (χ1) is 10.2. The fourth-order valence-corrected chi connectivity index (χ4v) is 2.15. The Morgan fingerprint density at radius 1 is 1.05 bits per heavy atom. The molecule has 2 aromatic carbocycles. The van der Waals surface area contributed by atoms with Crippen LogP contribution in [0.3, 0.4) is 0 Å². The van der Waals surface area contributed by atoms with Gasteiger partial charge in [-0.15, -0.1) is 0 Å². The maximum atomic E-state index is 13.9. The Hall–Kier alpha value is -2.07. The average molecular weight is 289 g/mol. The minimum atomic E-state index is -0.277. The highest BCUT2D eigenvalue weighted by molar-refractivity contribution is 5.31. The summed E-state index contributed by atoms with van der Waals surface area (Å²) in [6, 6.07) is 12.4. The first-order valence-corrected chi connectivity index (χ1v) is 7.00. The largest absolute Gasteiger partial charge is 0.508 e. The van der Waals surface area contributed by atoms with Crippen LogP contribution in [0.1, 0.15) is 11.1 Å². The molecule has 0 saturated heterocycles. The second-order valence-electron chi connectivity index (χ2n) is 4.85. The lowest BCUT2D eigenvalue weighted by molar-refractivity contribution is 0.384. The van der Waals surface area contributed by atoms with Gasteiger partial charge in [-0.2, -0.15) is 0 Å². The third kappa shape index (κ3) is 4.46. The van der Waals surface area contributed by atoms with Gasteiger partial charge < -0.3 is 15.2 Å². The van der Waals surface area contributed by atoms with E-state index in [9.17, 15) is 9.50 Å². The van der Waals surface area contributed by atoms with Gasteiger partial charge in [0.1, 0.15) is 5.75 Å². The summed E-state index contributed by atoms with van der Waals surface area (Å²) in [5.74, 6) is 0.289. The third-order valence-electron chi connectivity index (χ3n) is 3.36. The Bertz CT molecular complexity index is 570. The molecule has 0 heterocycles. The lowest BCUT2D eigenvalue weighted by Gasteiger charge is -2.08. The molecular weight excluding hydrogens is 269 g/mol. The van der Waals surface area contributed by atoms with Crippen LogP contribution < -0.4 is 10.1 Å². The van der Waals surface area contributed by atoms with E-state index < -0.39 is 0 Å². The van der Waals surface area contributed by atoms with Gasteiger partial charge in [0.05, 0.1) is 7.11 Å². The highest BCUT2D eigenvalue weighted by Gasteiger charge is 2.07. The molecule has 2 aromatic rings. The van der Waals surface area contributed by atoms with Crippen LogP contribution in [-0.4, -0.2) is 25.3 Å². The van der Waals surface area contributed by atoms with Gasteiger partial charge in [0.2, 0.25) is 0 Å². The number of phenolic OH excluding ortho intramolecular Hbond substituents is 1. The molecule has 2 N–H and O–H groups in total. The number of benzene rings is 2. The quantitative estimate of drug-likeness (QED) is 0.770. The van der Waals surface area contributed by atoms with E-state index in [2.05, 4.69) is 5.32 Å². The molecule has 0 radical (unpaired) electrons. The van der Waals surface area contributed by atoms with Crippen LogP contribution in [0.5, 0.6) is 11.5 Å². The SMILES string of the molecule is COc1cccc(CCNCCc2ccc(O)cc2)c1F. The summed E-state index contributed by atoms with van der Waals surface area (Å²) in [7, 11) is 1.47. The Morgan fingerprint density at radius 3 is 2.48 bits per heavy atom. The van der Waals surface area contributed by atoms with Crippen LogP contribution in [-0.2, 0) is 12.8 Å². The van der Waals surface area contributed by atoms with E-state index in [1.54, 1.807) is 30.3 Å². The van der Waals surface area contributed by atoms with Crippen molar-refractivity contribution in [2.45, 2.75) is 12.8 Å². The van der Waals surface area contributed by atoms with Crippen molar-refractivity contribution in [3.63, 3.8) is 0 Å². The number of rotatable bonds is 7. The third-order valence-corrected chi connectivity index (χ3v) is 3.36. The Kier molecular flexibility index (Phi) is 5.58. The number of ether oxygens (including phenoxy) is 1. The normalized spacial score (nSPS) is 10.6. The summed E-state index contributed by atoms with van der Waals surface area (Å²) >= 11 is 0. The Labute approximate surface area is 124 Å². The van der Waals surface area contributed by atoms with E-state index in [1.807, 2.05) is 12.1 Å². The van der Waals surface area contributed by atoms with Crippen LogP contribution in [0.4, 0.5) is 4.39 Å². The van der Waals surface area contributed by atoms with Crippen molar-refractivity contribution in [3.8, 4) is 11.5 Å². The fourth-order valence-electron chi connectivity index (χ4n) is 2.15. The molecule has 0 unspecified atom stereocenters. The van der Waals surface area contributed by atoms with Crippen LogP contribution in [0.25, 0.3) is 0 Å². The van der Waals surface area contributed by atoms with Crippen LogP contribution in [0.2, 0.25) is 0 Å². The molecule has 0 spiro atoms. The average Bonchev–Trinajstić information content (AvgIpc) is 2.50. The summed E-state index contributed by atoms with van der Waals surface area (Å²) in [6.07, 6.45) is 1.50. The predicted molar refractivity (Wildman–Crippen MR) is 81.3 cm³/mol. The second kappa shape index (κ2) is 7.64. The van der Waals surface area contributed by atoms with Crippen LogP contribution in [0, 0.1) is 5.82 Å². The van der Waals surface area contributed by atoms with E-state index in [-0.39, 0.29) is 17.3 Å². The highest BCUT2D eigenvalue weighted by Crippen LogP contribution is 2.19. The minimum Gasteiger partial charge on any atom is -0.508 e. The number of nitrogens with one attached hydrogen (secondary N) is 1. The second-order valence-corrected chi connectivity index (χ2v) is 4.85. The number of methoxy groups -OCH3 is 1. The number of aromatic hydroxyl groups is 1. The summed E-state index contributed by atoms with van der Waals surface area (Å²) in [5.41, 5.74) is 1.82.